The third-order valence-electron chi connectivity index (χ3n) is 12.9. The lowest BCUT2D eigenvalue weighted by atomic mass is 9.71. The topological polar surface area (TPSA) is 77.5 Å². The maximum absolute atomic E-state index is 14.4. The molecule has 0 N–H and O–H groups in total. The van der Waals surface area contributed by atoms with Gasteiger partial charge in [0, 0.05) is 35.5 Å². The van der Waals surface area contributed by atoms with E-state index >= 15 is 0 Å². The van der Waals surface area contributed by atoms with Gasteiger partial charge in [-0.2, -0.15) is 0 Å². The van der Waals surface area contributed by atoms with Gasteiger partial charge in [-0.1, -0.05) is 114 Å². The summed E-state index contributed by atoms with van der Waals surface area (Å²) in [7, 11) is 0. The highest BCUT2D eigenvalue weighted by molar-refractivity contribution is 5.97. The normalized spacial score (nSPS) is 22.6. The van der Waals surface area contributed by atoms with Crippen LogP contribution in [-0.4, -0.2) is 36.3 Å². The number of carbonyl (C=O) groups excluding carboxylic acids is 4. The molecule has 0 spiro atoms. The molecule has 0 aromatic heterocycles. The van der Waals surface area contributed by atoms with E-state index in [1.165, 1.54) is 30.4 Å². The number of hydrogen-bond donors (Lipinski definition) is 0. The Bertz CT molecular complexity index is 1610. The van der Waals surface area contributed by atoms with Gasteiger partial charge in [0.05, 0.1) is 6.61 Å². The molecule has 3 aliphatic rings. The largest absolute Gasteiger partial charge is 0.377 e. The molecule has 4 rings (SSSR count). The third-order valence-corrected chi connectivity index (χ3v) is 12.9. The Hall–Kier alpha value is -3.44. The van der Waals surface area contributed by atoms with E-state index < -0.39 is 0 Å². The molecule has 0 aliphatic heterocycles. The molecule has 2 fully saturated rings. The van der Waals surface area contributed by atoms with Gasteiger partial charge < -0.3 is 4.74 Å². The molecule has 5 heteroatoms. The minimum atomic E-state index is 0.0411. The molecule has 1 aromatic rings. The fourth-order valence-corrected chi connectivity index (χ4v) is 9.73. The number of ether oxygens (including phenoxy) is 1. The van der Waals surface area contributed by atoms with Gasteiger partial charge in [-0.25, -0.2) is 0 Å². The SMILES string of the molecule is C=C(C)C(=O)C(CCC)CCC1C[C@@H](CC)CC1C(=O)[C@@H](CCOCC(=C/C)/C(=C\C)C(C)=O)C1CCCCC1.CC(=O)c1cccc(CC2=CC=CC(C)C2)c1. The van der Waals surface area contributed by atoms with E-state index in [4.69, 9.17) is 4.74 Å². The summed E-state index contributed by atoms with van der Waals surface area (Å²) in [5.74, 6) is 3.13. The molecule has 0 amide bonds. The van der Waals surface area contributed by atoms with Crippen LogP contribution in [0.5, 0.6) is 0 Å². The van der Waals surface area contributed by atoms with Crippen LogP contribution in [0.4, 0.5) is 0 Å². The summed E-state index contributed by atoms with van der Waals surface area (Å²) in [5, 5.41) is 0. The Morgan fingerprint density at radius 2 is 1.68 bits per heavy atom. The first-order chi connectivity index (χ1) is 27.3. The van der Waals surface area contributed by atoms with Crippen molar-refractivity contribution in [3.05, 3.63) is 94.6 Å². The van der Waals surface area contributed by atoms with Crippen molar-refractivity contribution in [1.29, 1.82) is 0 Å². The molecular weight excluding hydrogens is 705 g/mol. The van der Waals surface area contributed by atoms with E-state index in [-0.39, 0.29) is 35.1 Å². The van der Waals surface area contributed by atoms with Crippen molar-refractivity contribution in [1.82, 2.24) is 0 Å². The average molecular weight is 781 g/mol. The van der Waals surface area contributed by atoms with Crippen molar-refractivity contribution in [3.8, 4) is 0 Å². The standard InChI is InChI=1S/C36H58O4.C16H18O/c1-8-15-30(35(38)25(5)6)18-19-31-22-27(9-2)23-34(31)36(39)33(29-16-13-12-14-17-29)20-21-40-24-28(10-3)32(11-4)26(7)37;1-12-5-3-6-14(9-12)10-15-7-4-8-16(11-15)13(2)17/h10-11,27,29-31,33-34H,5,8-9,12-24H2,1-4,6-7H3;3-8,11-12H,9-10H2,1-2H3/b28-10-,32-11-;/t27-,30?,31?,33+,34?;/m1./s1. The molecule has 2 saturated carbocycles. The first-order valence-electron chi connectivity index (χ1n) is 22.4. The highest BCUT2D eigenvalue weighted by atomic mass is 16.5. The molecular formula is C52H76O5. The molecule has 0 radical (unpaired) electrons. The maximum Gasteiger partial charge on any atom is 0.161 e. The van der Waals surface area contributed by atoms with Gasteiger partial charge in [-0.3, -0.25) is 19.2 Å². The van der Waals surface area contributed by atoms with Crippen LogP contribution >= 0.6 is 0 Å². The molecule has 0 bridgehead atoms. The van der Waals surface area contributed by atoms with Crippen LogP contribution in [0.2, 0.25) is 0 Å². The molecule has 57 heavy (non-hydrogen) atoms. The maximum atomic E-state index is 14.4. The molecule has 1 aromatic carbocycles. The number of rotatable bonds is 21. The zero-order chi connectivity index (χ0) is 41.9. The van der Waals surface area contributed by atoms with Gasteiger partial charge in [0.15, 0.2) is 17.3 Å². The minimum absolute atomic E-state index is 0.0411. The van der Waals surface area contributed by atoms with Gasteiger partial charge in [-0.15, -0.1) is 0 Å². The number of benzene rings is 1. The van der Waals surface area contributed by atoms with Crippen molar-refractivity contribution in [2.45, 2.75) is 152 Å². The van der Waals surface area contributed by atoms with E-state index in [0.29, 0.717) is 53.8 Å². The van der Waals surface area contributed by atoms with Crippen molar-refractivity contribution >= 4 is 23.1 Å². The lowest BCUT2D eigenvalue weighted by Gasteiger charge is -2.33. The predicted octanol–water partition coefficient (Wildman–Crippen LogP) is 13.0. The van der Waals surface area contributed by atoms with Gasteiger partial charge in [0.25, 0.3) is 0 Å². The molecule has 0 saturated heterocycles. The quantitative estimate of drug-likeness (QED) is 0.0537. The van der Waals surface area contributed by atoms with E-state index in [1.807, 2.05) is 51.1 Å². The zero-order valence-electron chi connectivity index (χ0n) is 37.0. The first-order valence-corrected chi connectivity index (χ1v) is 22.4. The zero-order valence-corrected chi connectivity index (χ0v) is 37.0. The Balaban J connectivity index is 0.000000422. The number of hydrogen-bond acceptors (Lipinski definition) is 5. The summed E-state index contributed by atoms with van der Waals surface area (Å²) in [4.78, 5) is 50.5. The van der Waals surface area contributed by atoms with E-state index in [1.54, 1.807) is 13.8 Å². The van der Waals surface area contributed by atoms with Crippen LogP contribution in [0.1, 0.15) is 161 Å². The summed E-state index contributed by atoms with van der Waals surface area (Å²) < 4.78 is 6.12. The fourth-order valence-electron chi connectivity index (χ4n) is 9.73. The Labute approximate surface area is 347 Å². The third kappa shape index (κ3) is 15.3. The van der Waals surface area contributed by atoms with Crippen molar-refractivity contribution in [3.63, 3.8) is 0 Å². The van der Waals surface area contributed by atoms with Gasteiger partial charge in [-0.05, 0) is 145 Å². The van der Waals surface area contributed by atoms with E-state index in [9.17, 15) is 19.2 Å². The molecule has 6 atom stereocenters. The van der Waals surface area contributed by atoms with Crippen LogP contribution in [0.3, 0.4) is 0 Å². The van der Waals surface area contributed by atoms with Crippen LogP contribution in [0.25, 0.3) is 0 Å². The summed E-state index contributed by atoms with van der Waals surface area (Å²) >= 11 is 0. The monoisotopic (exact) mass is 781 g/mol. The Morgan fingerprint density at radius 1 is 0.947 bits per heavy atom. The number of carbonyl (C=O) groups is 4. The van der Waals surface area contributed by atoms with E-state index in [2.05, 4.69) is 51.6 Å². The van der Waals surface area contributed by atoms with Crippen LogP contribution in [-0.2, 0) is 25.5 Å². The van der Waals surface area contributed by atoms with E-state index in [0.717, 1.165) is 88.2 Å². The second kappa shape index (κ2) is 25.1. The summed E-state index contributed by atoms with van der Waals surface area (Å²) in [6, 6.07) is 7.95. The summed E-state index contributed by atoms with van der Waals surface area (Å²) in [5.41, 5.74) is 5.78. The number of ketones is 4. The van der Waals surface area contributed by atoms with Crippen molar-refractivity contribution in [2.75, 3.05) is 13.2 Å². The first kappa shape index (κ1) is 47.9. The summed E-state index contributed by atoms with van der Waals surface area (Å²) in [6.45, 7) is 20.4. The fraction of sp³-hybridized carbons (Fsp3) is 0.615. The molecule has 5 nitrogen and oxygen atoms in total. The smallest absolute Gasteiger partial charge is 0.161 e. The van der Waals surface area contributed by atoms with Gasteiger partial charge in [0.2, 0.25) is 0 Å². The summed E-state index contributed by atoms with van der Waals surface area (Å²) in [6.07, 6.45) is 26.2. The molecule has 314 valence electrons. The lowest BCUT2D eigenvalue weighted by Crippen LogP contribution is -2.34. The van der Waals surface area contributed by atoms with Crippen LogP contribution in [0, 0.1) is 41.4 Å². The van der Waals surface area contributed by atoms with Gasteiger partial charge in [0.1, 0.15) is 5.78 Å². The number of allylic oxidation sites excluding steroid dienone is 7. The van der Waals surface area contributed by atoms with Crippen LogP contribution < -0.4 is 0 Å². The molecule has 0 heterocycles. The minimum Gasteiger partial charge on any atom is -0.377 e. The lowest BCUT2D eigenvalue weighted by molar-refractivity contribution is -0.131. The van der Waals surface area contributed by atoms with Crippen molar-refractivity contribution < 1.29 is 23.9 Å². The van der Waals surface area contributed by atoms with Crippen molar-refractivity contribution in [2.24, 2.45) is 41.4 Å². The Kier molecular flexibility index (Phi) is 21.1. The number of Topliss-reactive ketones (excluding diaryl/α,β-unsaturated/α-hetero) is 4. The average Bonchev–Trinajstić information content (AvgIpc) is 3.62. The highest BCUT2D eigenvalue weighted by Gasteiger charge is 2.42. The molecule has 4 unspecified atom stereocenters. The second-order valence-corrected chi connectivity index (χ2v) is 17.5. The Morgan fingerprint density at radius 3 is 2.28 bits per heavy atom. The predicted molar refractivity (Wildman–Crippen MR) is 237 cm³/mol. The van der Waals surface area contributed by atoms with Gasteiger partial charge >= 0.3 is 0 Å². The second-order valence-electron chi connectivity index (χ2n) is 17.5. The molecule has 3 aliphatic carbocycles. The van der Waals surface area contributed by atoms with Crippen LogP contribution in [0.15, 0.2) is 83.5 Å². The highest BCUT2D eigenvalue weighted by Crippen LogP contribution is 2.45.